The number of esters is 1. The predicted octanol–water partition coefficient (Wildman–Crippen LogP) is 4.03. The molecule has 0 spiro atoms. The monoisotopic (exact) mass is 411 g/mol. The molecule has 0 bridgehead atoms. The van der Waals surface area contributed by atoms with Crippen molar-refractivity contribution >= 4 is 22.4 Å². The Kier molecular flexibility index (Phi) is 4.84. The van der Waals surface area contributed by atoms with Gasteiger partial charge in [-0.05, 0) is 36.0 Å². The molecule has 29 heavy (non-hydrogen) atoms. The van der Waals surface area contributed by atoms with Crippen molar-refractivity contribution in [2.45, 2.75) is 13.0 Å². The smallest absolute Gasteiger partial charge is 0.345 e. The number of methoxy groups -OCH3 is 1. The molecule has 0 aliphatic carbocycles. The minimum atomic E-state index is -0.710. The lowest BCUT2D eigenvalue weighted by Crippen LogP contribution is -2.50. The molecule has 1 unspecified atom stereocenters. The highest BCUT2D eigenvalue weighted by Gasteiger charge is 2.45. The van der Waals surface area contributed by atoms with Gasteiger partial charge in [-0.2, -0.15) is 4.57 Å². The zero-order valence-electron chi connectivity index (χ0n) is 16.2. The molecule has 0 saturated carbocycles. The summed E-state index contributed by atoms with van der Waals surface area (Å²) in [5.74, 6) is -0.914. The summed E-state index contributed by atoms with van der Waals surface area (Å²) in [6.45, 7) is 1.82. The van der Waals surface area contributed by atoms with Crippen molar-refractivity contribution in [3.05, 3.63) is 77.2 Å². The van der Waals surface area contributed by atoms with Crippen LogP contribution in [0.2, 0.25) is 0 Å². The largest absolute Gasteiger partial charge is 0.477 e. The van der Waals surface area contributed by atoms with Crippen molar-refractivity contribution in [3.63, 3.8) is 0 Å². The van der Waals surface area contributed by atoms with E-state index in [1.54, 1.807) is 16.7 Å². The number of allylic oxidation sites excluding steroid dienone is 1. The van der Waals surface area contributed by atoms with E-state index >= 15 is 0 Å². The van der Waals surface area contributed by atoms with Crippen LogP contribution in [0, 0.1) is 5.82 Å². The molecule has 0 radical (unpaired) electrons. The fourth-order valence-electron chi connectivity index (χ4n) is 3.64. The lowest BCUT2D eigenvalue weighted by molar-refractivity contribution is -0.695. The van der Waals surface area contributed by atoms with Gasteiger partial charge in [0, 0.05) is 5.56 Å². The van der Waals surface area contributed by atoms with Crippen LogP contribution in [-0.2, 0) is 9.53 Å². The first kappa shape index (κ1) is 19.1. The number of ether oxygens (including phenoxy) is 1. The topological polar surface area (TPSA) is 53.6 Å². The lowest BCUT2D eigenvalue weighted by Gasteiger charge is -2.27. The third-order valence-corrected chi connectivity index (χ3v) is 6.42. The summed E-state index contributed by atoms with van der Waals surface area (Å²) in [6, 6.07) is 14.9. The van der Waals surface area contributed by atoms with Gasteiger partial charge in [0.1, 0.15) is 22.0 Å². The highest BCUT2D eigenvalue weighted by molar-refractivity contribution is 7.18. The van der Waals surface area contributed by atoms with E-state index in [1.165, 1.54) is 30.6 Å². The van der Waals surface area contributed by atoms with Crippen molar-refractivity contribution in [2.24, 2.45) is 0 Å². The fourth-order valence-corrected chi connectivity index (χ4v) is 4.83. The number of carbonyl (C=O) groups is 1. The van der Waals surface area contributed by atoms with Gasteiger partial charge in [0.2, 0.25) is 0 Å². The van der Waals surface area contributed by atoms with Crippen LogP contribution < -0.4 is 9.47 Å². The van der Waals surface area contributed by atoms with Gasteiger partial charge in [-0.25, -0.2) is 14.1 Å². The Morgan fingerprint density at radius 3 is 2.59 bits per heavy atom. The number of anilines is 1. The van der Waals surface area contributed by atoms with Crippen LogP contribution in [0.3, 0.4) is 0 Å². The lowest BCUT2D eigenvalue weighted by atomic mass is 9.94. The highest BCUT2D eigenvalue weighted by Crippen LogP contribution is 2.44. The Hall–Kier alpha value is -3.19. The normalized spacial score (nSPS) is 16.0. The predicted molar refractivity (Wildman–Crippen MR) is 109 cm³/mol. The van der Waals surface area contributed by atoms with E-state index in [2.05, 4.69) is 0 Å². The maximum Gasteiger partial charge on any atom is 0.345 e. The molecule has 0 fully saturated rings. The molecule has 5 nitrogen and oxygen atoms in total. The SMILES string of the molecule is COC(=O)C1=C(C)N(C)c2sc(-c3ccccc3)c(O)[n+]2C1c1cccc(F)c1. The van der Waals surface area contributed by atoms with Crippen LogP contribution >= 0.6 is 11.3 Å². The number of nitrogens with zero attached hydrogens (tertiary/aromatic N) is 2. The summed E-state index contributed by atoms with van der Waals surface area (Å²) >= 11 is 1.41. The molecule has 0 saturated heterocycles. The Labute approximate surface area is 171 Å². The molecule has 1 aliphatic heterocycles. The van der Waals surface area contributed by atoms with Crippen LogP contribution in [0.25, 0.3) is 10.4 Å². The van der Waals surface area contributed by atoms with E-state index in [4.69, 9.17) is 4.74 Å². The zero-order chi connectivity index (χ0) is 20.7. The first-order valence-corrected chi connectivity index (χ1v) is 9.86. The summed E-state index contributed by atoms with van der Waals surface area (Å²) < 4.78 is 20.7. The molecule has 2 aromatic carbocycles. The van der Waals surface area contributed by atoms with E-state index in [0.29, 0.717) is 21.7 Å². The van der Waals surface area contributed by atoms with Gasteiger partial charge in [0.15, 0.2) is 6.04 Å². The highest BCUT2D eigenvalue weighted by atomic mass is 32.1. The number of aromatic nitrogens is 1. The van der Waals surface area contributed by atoms with Crippen molar-refractivity contribution in [2.75, 3.05) is 19.1 Å². The average Bonchev–Trinajstić information content (AvgIpc) is 3.08. The number of thiazole rings is 1. The summed E-state index contributed by atoms with van der Waals surface area (Å²) in [5.41, 5.74) is 2.45. The number of carbonyl (C=O) groups excluding carboxylic acids is 1. The molecule has 1 aromatic heterocycles. The molecule has 4 rings (SSSR count). The molecule has 1 N–H and O–H groups in total. The minimum absolute atomic E-state index is 0.0196. The number of fused-ring (bicyclic) bond motifs is 1. The second-order valence-electron chi connectivity index (χ2n) is 6.78. The van der Waals surface area contributed by atoms with Gasteiger partial charge in [-0.15, -0.1) is 0 Å². The number of rotatable bonds is 3. The fraction of sp³-hybridized carbons (Fsp3) is 0.182. The number of hydrogen-bond donors (Lipinski definition) is 1. The average molecular weight is 411 g/mol. The van der Waals surface area contributed by atoms with Crippen molar-refractivity contribution in [1.82, 2.24) is 0 Å². The molecular weight excluding hydrogens is 391 g/mol. The molecule has 1 aliphatic rings. The zero-order valence-corrected chi connectivity index (χ0v) is 17.0. The summed E-state index contributed by atoms with van der Waals surface area (Å²) in [4.78, 5) is 15.2. The van der Waals surface area contributed by atoms with Crippen LogP contribution in [0.4, 0.5) is 9.52 Å². The van der Waals surface area contributed by atoms with Gasteiger partial charge in [-0.1, -0.05) is 42.5 Å². The second-order valence-corrected chi connectivity index (χ2v) is 7.76. The van der Waals surface area contributed by atoms with Gasteiger partial charge in [0.05, 0.1) is 14.2 Å². The third-order valence-electron chi connectivity index (χ3n) is 5.15. The molecule has 1 atom stereocenters. The maximum atomic E-state index is 14.0. The Bertz CT molecular complexity index is 1120. The quantitative estimate of drug-likeness (QED) is 0.522. The summed E-state index contributed by atoms with van der Waals surface area (Å²) in [7, 11) is 3.14. The third kappa shape index (κ3) is 3.07. The number of aromatic hydroxyl groups is 1. The van der Waals surface area contributed by atoms with Crippen LogP contribution in [0.1, 0.15) is 18.5 Å². The summed E-state index contributed by atoms with van der Waals surface area (Å²) in [5, 5.41) is 11.9. The maximum absolute atomic E-state index is 14.0. The minimum Gasteiger partial charge on any atom is -0.477 e. The van der Waals surface area contributed by atoms with E-state index in [0.717, 1.165) is 10.7 Å². The Morgan fingerprint density at radius 1 is 1.21 bits per heavy atom. The number of hydrogen-bond acceptors (Lipinski definition) is 5. The molecular formula is C22H20FN2O3S+. The Balaban J connectivity index is 2.01. The first-order valence-electron chi connectivity index (χ1n) is 9.05. The second kappa shape index (κ2) is 7.33. The standard InChI is InChI=1S/C22H19FN2O3S/c1-13-17(21(27)28-3)18(15-10-7-11-16(23)12-15)25-20(26)19(29-22(25)24(13)2)14-8-5-4-6-9-14/h4-12,18H,1-3H3/p+1. The number of halogens is 1. The van der Waals surface area contributed by atoms with Gasteiger partial charge in [-0.3, -0.25) is 0 Å². The van der Waals surface area contributed by atoms with Gasteiger partial charge in [0.25, 0.3) is 0 Å². The molecule has 0 amide bonds. The van der Waals surface area contributed by atoms with E-state index in [1.807, 2.05) is 49.2 Å². The van der Waals surface area contributed by atoms with E-state index in [-0.39, 0.29) is 5.88 Å². The first-order chi connectivity index (χ1) is 13.9. The molecule has 2 heterocycles. The molecule has 7 heteroatoms. The molecule has 148 valence electrons. The summed E-state index contributed by atoms with van der Waals surface area (Å²) in [6.07, 6.45) is 0. The van der Waals surface area contributed by atoms with E-state index < -0.39 is 17.8 Å². The van der Waals surface area contributed by atoms with Crippen molar-refractivity contribution in [1.29, 1.82) is 0 Å². The van der Waals surface area contributed by atoms with Gasteiger partial charge < -0.3 is 9.84 Å². The number of benzene rings is 2. The van der Waals surface area contributed by atoms with E-state index in [9.17, 15) is 14.3 Å². The van der Waals surface area contributed by atoms with Crippen molar-refractivity contribution < 1.29 is 23.6 Å². The van der Waals surface area contributed by atoms with Crippen molar-refractivity contribution in [3.8, 4) is 16.3 Å². The van der Waals surface area contributed by atoms with Gasteiger partial charge >= 0.3 is 17.0 Å². The van der Waals surface area contributed by atoms with Crippen LogP contribution in [-0.4, -0.2) is 25.2 Å². The van der Waals surface area contributed by atoms with Crippen LogP contribution in [0.15, 0.2) is 65.9 Å². The Morgan fingerprint density at radius 2 is 1.93 bits per heavy atom. The molecule has 3 aromatic rings. The van der Waals surface area contributed by atoms with Crippen LogP contribution in [0.5, 0.6) is 5.88 Å².